The van der Waals surface area contributed by atoms with Crippen molar-refractivity contribution in [3.63, 3.8) is 0 Å². The van der Waals surface area contributed by atoms with Crippen molar-refractivity contribution in [1.29, 1.82) is 0 Å². The van der Waals surface area contributed by atoms with Gasteiger partial charge in [0, 0.05) is 0 Å². The van der Waals surface area contributed by atoms with Gasteiger partial charge < -0.3 is 5.73 Å². The lowest BCUT2D eigenvalue weighted by atomic mass is 9.85. The second-order valence-corrected chi connectivity index (χ2v) is 7.18. The number of rotatable bonds is 6. The van der Waals surface area contributed by atoms with Crippen molar-refractivity contribution in [3.05, 3.63) is 71.3 Å². The molecule has 22 heavy (non-hydrogen) atoms. The van der Waals surface area contributed by atoms with Gasteiger partial charge in [-0.15, -0.1) is 0 Å². The maximum Gasteiger partial charge on any atom is -0.000824 e. The molecule has 0 aliphatic heterocycles. The van der Waals surface area contributed by atoms with Gasteiger partial charge in [0.15, 0.2) is 0 Å². The first-order valence-electron chi connectivity index (χ1n) is 8.35. The minimum Gasteiger partial charge on any atom is -0.330 e. The fraction of sp³-hybridized carbons (Fsp3) is 0.429. The van der Waals surface area contributed by atoms with E-state index in [9.17, 15) is 0 Å². The molecule has 0 amide bonds. The Balaban J connectivity index is 1.93. The molecule has 1 unspecified atom stereocenters. The van der Waals surface area contributed by atoms with E-state index in [1.54, 1.807) is 0 Å². The summed E-state index contributed by atoms with van der Waals surface area (Å²) in [7, 11) is 0. The third-order valence-electron chi connectivity index (χ3n) is 4.39. The van der Waals surface area contributed by atoms with Gasteiger partial charge >= 0.3 is 0 Å². The number of nitrogens with two attached hydrogens (primary N) is 1. The van der Waals surface area contributed by atoms with Crippen LogP contribution in [0.1, 0.15) is 56.2 Å². The summed E-state index contributed by atoms with van der Waals surface area (Å²) in [5.74, 6) is 0.470. The molecule has 0 saturated carbocycles. The van der Waals surface area contributed by atoms with Crippen molar-refractivity contribution in [2.24, 2.45) is 5.73 Å². The van der Waals surface area contributed by atoms with E-state index in [4.69, 9.17) is 5.73 Å². The summed E-state index contributed by atoms with van der Waals surface area (Å²) in [5.41, 5.74) is 10.4. The molecule has 0 aromatic heterocycles. The van der Waals surface area contributed by atoms with Gasteiger partial charge in [0.2, 0.25) is 0 Å². The quantitative estimate of drug-likeness (QED) is 0.793. The first kappa shape index (κ1) is 16.8. The predicted molar refractivity (Wildman–Crippen MR) is 96.3 cm³/mol. The van der Waals surface area contributed by atoms with Crippen LogP contribution >= 0.6 is 0 Å². The van der Waals surface area contributed by atoms with Gasteiger partial charge in [-0.25, -0.2) is 0 Å². The zero-order chi connectivity index (χ0) is 16.0. The molecule has 1 nitrogen and oxygen atoms in total. The minimum absolute atomic E-state index is 0.212. The fourth-order valence-electron chi connectivity index (χ4n) is 2.87. The summed E-state index contributed by atoms with van der Waals surface area (Å²) < 4.78 is 0. The Labute approximate surface area is 135 Å². The number of hydrogen-bond donors (Lipinski definition) is 1. The summed E-state index contributed by atoms with van der Waals surface area (Å²) in [6.07, 6.45) is 3.48. The zero-order valence-electron chi connectivity index (χ0n) is 14.2. The highest BCUT2D eigenvalue weighted by atomic mass is 14.5. The number of benzene rings is 2. The summed E-state index contributed by atoms with van der Waals surface area (Å²) in [6.45, 7) is 7.48. The molecule has 2 aromatic carbocycles. The fourth-order valence-corrected chi connectivity index (χ4v) is 2.87. The van der Waals surface area contributed by atoms with Crippen LogP contribution in [0.5, 0.6) is 0 Å². The predicted octanol–water partition coefficient (Wildman–Crippen LogP) is 5.05. The standard InChI is InChI=1S/C21H29N/c1-21(2,3)20-14-12-18(13-15-20)19(16-22)11-7-10-17-8-5-4-6-9-17/h4-6,8-9,12-15,19H,7,10-11,16,22H2,1-3H3. The van der Waals surface area contributed by atoms with E-state index in [2.05, 4.69) is 75.4 Å². The SMILES string of the molecule is CC(C)(C)c1ccc(C(CN)CCCc2ccccc2)cc1. The first-order valence-corrected chi connectivity index (χ1v) is 8.35. The molecule has 0 spiro atoms. The van der Waals surface area contributed by atoms with Gasteiger partial charge in [0.05, 0.1) is 0 Å². The average Bonchev–Trinajstić information content (AvgIpc) is 2.52. The van der Waals surface area contributed by atoms with E-state index in [0.717, 1.165) is 19.4 Å². The van der Waals surface area contributed by atoms with Crippen LogP contribution in [0.3, 0.4) is 0 Å². The number of hydrogen-bond acceptors (Lipinski definition) is 1. The van der Waals surface area contributed by atoms with Crippen LogP contribution in [-0.2, 0) is 11.8 Å². The van der Waals surface area contributed by atoms with Crippen molar-refractivity contribution >= 4 is 0 Å². The molecule has 0 bridgehead atoms. The Hall–Kier alpha value is -1.60. The smallest absolute Gasteiger partial charge is 0.000824 e. The summed E-state index contributed by atoms with van der Waals surface area (Å²) in [5, 5.41) is 0. The molecule has 0 heterocycles. The van der Waals surface area contributed by atoms with E-state index in [0.29, 0.717) is 5.92 Å². The monoisotopic (exact) mass is 295 g/mol. The topological polar surface area (TPSA) is 26.0 Å². The van der Waals surface area contributed by atoms with Gasteiger partial charge in [0.25, 0.3) is 0 Å². The average molecular weight is 295 g/mol. The normalized spacial score (nSPS) is 13.1. The van der Waals surface area contributed by atoms with Gasteiger partial charge in [-0.05, 0) is 53.8 Å². The Bertz CT molecular complexity index is 549. The van der Waals surface area contributed by atoms with E-state index >= 15 is 0 Å². The van der Waals surface area contributed by atoms with Crippen molar-refractivity contribution in [1.82, 2.24) is 0 Å². The third-order valence-corrected chi connectivity index (χ3v) is 4.39. The van der Waals surface area contributed by atoms with Gasteiger partial charge in [-0.3, -0.25) is 0 Å². The summed E-state index contributed by atoms with van der Waals surface area (Å²) >= 11 is 0. The van der Waals surface area contributed by atoms with Crippen LogP contribution in [-0.4, -0.2) is 6.54 Å². The van der Waals surface area contributed by atoms with Crippen molar-refractivity contribution in [2.75, 3.05) is 6.54 Å². The van der Waals surface area contributed by atoms with Crippen LogP contribution in [0, 0.1) is 0 Å². The van der Waals surface area contributed by atoms with Gasteiger partial charge in [-0.2, -0.15) is 0 Å². The van der Waals surface area contributed by atoms with Crippen molar-refractivity contribution < 1.29 is 0 Å². The zero-order valence-corrected chi connectivity index (χ0v) is 14.2. The summed E-state index contributed by atoms with van der Waals surface area (Å²) in [6, 6.07) is 19.8. The second kappa shape index (κ2) is 7.60. The highest BCUT2D eigenvalue weighted by Gasteiger charge is 2.15. The maximum absolute atomic E-state index is 6.01. The van der Waals surface area contributed by atoms with Crippen molar-refractivity contribution in [3.8, 4) is 0 Å². The highest BCUT2D eigenvalue weighted by molar-refractivity contribution is 5.29. The lowest BCUT2D eigenvalue weighted by Gasteiger charge is -2.21. The van der Waals surface area contributed by atoms with Crippen molar-refractivity contribution in [2.45, 2.75) is 51.4 Å². The Morgan fingerprint density at radius 2 is 1.55 bits per heavy atom. The first-order chi connectivity index (χ1) is 10.5. The molecule has 2 rings (SSSR count). The molecular formula is C21H29N. The van der Waals surface area contributed by atoms with Crippen LogP contribution in [0.2, 0.25) is 0 Å². The van der Waals surface area contributed by atoms with Crippen LogP contribution in [0.15, 0.2) is 54.6 Å². The van der Waals surface area contributed by atoms with Crippen LogP contribution in [0.4, 0.5) is 0 Å². The summed E-state index contributed by atoms with van der Waals surface area (Å²) in [4.78, 5) is 0. The van der Waals surface area contributed by atoms with E-state index < -0.39 is 0 Å². The lowest BCUT2D eigenvalue weighted by Crippen LogP contribution is -2.14. The molecule has 2 aromatic rings. The Morgan fingerprint density at radius 1 is 0.909 bits per heavy atom. The van der Waals surface area contributed by atoms with Crippen LogP contribution in [0.25, 0.3) is 0 Å². The molecule has 0 fully saturated rings. The maximum atomic E-state index is 6.01. The largest absolute Gasteiger partial charge is 0.330 e. The van der Waals surface area contributed by atoms with Gasteiger partial charge in [-0.1, -0.05) is 75.4 Å². The molecule has 0 radical (unpaired) electrons. The second-order valence-electron chi connectivity index (χ2n) is 7.18. The Morgan fingerprint density at radius 3 is 2.09 bits per heavy atom. The highest BCUT2D eigenvalue weighted by Crippen LogP contribution is 2.26. The molecule has 0 aliphatic carbocycles. The van der Waals surface area contributed by atoms with E-state index in [1.165, 1.54) is 23.1 Å². The molecule has 0 saturated heterocycles. The molecular weight excluding hydrogens is 266 g/mol. The molecule has 1 heteroatoms. The van der Waals surface area contributed by atoms with E-state index in [-0.39, 0.29) is 5.41 Å². The number of aryl methyl sites for hydroxylation is 1. The van der Waals surface area contributed by atoms with E-state index in [1.807, 2.05) is 0 Å². The Kier molecular flexibility index (Phi) is 5.79. The van der Waals surface area contributed by atoms with Crippen LogP contribution < -0.4 is 5.73 Å². The molecule has 1 atom stereocenters. The molecule has 0 aliphatic rings. The third kappa shape index (κ3) is 4.71. The minimum atomic E-state index is 0.212. The lowest BCUT2D eigenvalue weighted by molar-refractivity contribution is 0.583. The molecule has 118 valence electrons. The van der Waals surface area contributed by atoms with Gasteiger partial charge in [0.1, 0.15) is 0 Å². The molecule has 2 N–H and O–H groups in total.